The van der Waals surface area contributed by atoms with E-state index >= 15 is 0 Å². The maximum atomic E-state index is 12.0. The van der Waals surface area contributed by atoms with E-state index in [0.29, 0.717) is 18.2 Å². The molecule has 0 atom stereocenters. The first kappa shape index (κ1) is 17.7. The number of nitrogens with zero attached hydrogens (tertiary/aromatic N) is 1. The van der Waals surface area contributed by atoms with Crippen LogP contribution in [0.1, 0.15) is 37.0 Å². The molecule has 0 spiro atoms. The van der Waals surface area contributed by atoms with Gasteiger partial charge >= 0.3 is 0 Å². The molecule has 1 N–H and O–H groups in total. The van der Waals surface area contributed by atoms with Gasteiger partial charge in [-0.25, -0.2) is 0 Å². The van der Waals surface area contributed by atoms with Crippen LogP contribution in [0, 0.1) is 0 Å². The Labute approximate surface area is 138 Å². The fourth-order valence-corrected chi connectivity index (χ4v) is 2.94. The molecular weight excluding hydrogens is 384 g/mol. The van der Waals surface area contributed by atoms with Gasteiger partial charge in [-0.15, -0.1) is 0 Å². The smallest absolute Gasteiger partial charge is 0.252 e. The molecule has 1 rings (SSSR count). The number of carbonyl (C=O) groups excluding carboxylic acids is 1. The Morgan fingerprint density at radius 1 is 1.30 bits per heavy atom. The quantitative estimate of drug-likeness (QED) is 0.693. The highest BCUT2D eigenvalue weighted by atomic mass is 79.9. The number of halogens is 2. The van der Waals surface area contributed by atoms with Crippen LogP contribution in [0.25, 0.3) is 0 Å². The molecule has 20 heavy (non-hydrogen) atoms. The summed E-state index contributed by atoms with van der Waals surface area (Å²) in [6.45, 7) is 6.16. The maximum Gasteiger partial charge on any atom is 0.252 e. The lowest BCUT2D eigenvalue weighted by Crippen LogP contribution is -2.29. The number of hydrogen-bond acceptors (Lipinski definition) is 2. The molecule has 112 valence electrons. The number of unbranched alkanes of at least 4 members (excludes halogenated alkanes) is 1. The fourth-order valence-electron chi connectivity index (χ4n) is 1.72. The number of benzene rings is 1. The third kappa shape index (κ3) is 5.94. The Hall–Kier alpha value is -0.390. The summed E-state index contributed by atoms with van der Waals surface area (Å²) in [5.74, 6) is -0.0263. The van der Waals surface area contributed by atoms with Crippen molar-refractivity contribution >= 4 is 37.8 Å². The number of nitrogens with one attached hydrogen (secondary N) is 1. The van der Waals surface area contributed by atoms with Crippen molar-refractivity contribution in [2.24, 2.45) is 0 Å². The second-order valence-corrected chi connectivity index (χ2v) is 6.93. The van der Waals surface area contributed by atoms with Gasteiger partial charge in [0.05, 0.1) is 5.56 Å². The monoisotopic (exact) mass is 404 g/mol. The number of amides is 1. The second kappa shape index (κ2) is 8.80. The Bertz CT molecular complexity index is 449. The summed E-state index contributed by atoms with van der Waals surface area (Å²) in [5.41, 5.74) is 0.674. The topological polar surface area (TPSA) is 32.3 Å². The summed E-state index contributed by atoms with van der Waals surface area (Å²) in [5, 5.41) is 2.96. The van der Waals surface area contributed by atoms with Crippen molar-refractivity contribution in [2.45, 2.75) is 32.7 Å². The number of hydrogen-bond donors (Lipinski definition) is 1. The molecule has 0 radical (unpaired) electrons. The molecule has 3 nitrogen and oxygen atoms in total. The minimum absolute atomic E-state index is 0.0263. The van der Waals surface area contributed by atoms with E-state index in [9.17, 15) is 4.79 Å². The highest BCUT2D eigenvalue weighted by molar-refractivity contribution is 9.11. The predicted molar refractivity (Wildman–Crippen MR) is 91.2 cm³/mol. The molecule has 0 aliphatic rings. The van der Waals surface area contributed by atoms with E-state index in [1.807, 2.05) is 18.2 Å². The van der Waals surface area contributed by atoms with Crippen LogP contribution in [0.5, 0.6) is 0 Å². The van der Waals surface area contributed by atoms with Crippen molar-refractivity contribution in [3.05, 3.63) is 32.7 Å². The molecule has 0 saturated heterocycles. The van der Waals surface area contributed by atoms with Gasteiger partial charge in [-0.2, -0.15) is 0 Å². The van der Waals surface area contributed by atoms with Crippen LogP contribution in [0.4, 0.5) is 0 Å². The number of rotatable bonds is 7. The summed E-state index contributed by atoms with van der Waals surface area (Å²) in [7, 11) is 2.13. The summed E-state index contributed by atoms with van der Waals surface area (Å²) in [4.78, 5) is 14.3. The molecule has 0 heterocycles. The molecule has 0 fully saturated rings. The lowest BCUT2D eigenvalue weighted by molar-refractivity contribution is 0.0951. The van der Waals surface area contributed by atoms with Crippen LogP contribution in [-0.2, 0) is 0 Å². The van der Waals surface area contributed by atoms with Gasteiger partial charge in [0.15, 0.2) is 0 Å². The molecule has 0 unspecified atom stereocenters. The minimum atomic E-state index is -0.0263. The summed E-state index contributed by atoms with van der Waals surface area (Å²) in [6.07, 6.45) is 2.09. The van der Waals surface area contributed by atoms with E-state index in [1.165, 1.54) is 0 Å². The average molecular weight is 406 g/mol. The largest absolute Gasteiger partial charge is 0.352 e. The van der Waals surface area contributed by atoms with Crippen LogP contribution >= 0.6 is 31.9 Å². The highest BCUT2D eigenvalue weighted by Gasteiger charge is 2.09. The van der Waals surface area contributed by atoms with Crippen molar-refractivity contribution in [1.82, 2.24) is 10.2 Å². The third-order valence-electron chi connectivity index (χ3n) is 3.28. The molecule has 0 aromatic heterocycles. The lowest BCUT2D eigenvalue weighted by atomic mass is 10.2. The number of carbonyl (C=O) groups is 1. The van der Waals surface area contributed by atoms with E-state index in [4.69, 9.17) is 0 Å². The lowest BCUT2D eigenvalue weighted by Gasteiger charge is -2.20. The maximum absolute atomic E-state index is 12.0. The summed E-state index contributed by atoms with van der Waals surface area (Å²) < 4.78 is 1.77. The molecule has 0 aliphatic carbocycles. The Morgan fingerprint density at radius 2 is 2.00 bits per heavy atom. The first-order valence-corrected chi connectivity index (χ1v) is 8.44. The van der Waals surface area contributed by atoms with Crippen molar-refractivity contribution in [3.8, 4) is 0 Å². The van der Waals surface area contributed by atoms with E-state index < -0.39 is 0 Å². The van der Waals surface area contributed by atoms with Crippen LogP contribution < -0.4 is 5.32 Å². The molecule has 1 amide bonds. The first-order chi connectivity index (χ1) is 9.41. The normalized spacial score (nSPS) is 11.2. The van der Waals surface area contributed by atoms with Crippen molar-refractivity contribution in [3.63, 3.8) is 0 Å². The first-order valence-electron chi connectivity index (χ1n) is 6.85. The van der Waals surface area contributed by atoms with Crippen LogP contribution in [-0.4, -0.2) is 37.0 Å². The van der Waals surface area contributed by atoms with Gasteiger partial charge in [0, 0.05) is 21.5 Å². The van der Waals surface area contributed by atoms with Gasteiger partial charge in [0.2, 0.25) is 0 Å². The molecule has 1 aromatic rings. The predicted octanol–water partition coefficient (Wildman–Crippen LogP) is 4.06. The molecule has 0 bridgehead atoms. The zero-order valence-corrected chi connectivity index (χ0v) is 15.4. The molecular formula is C15H22Br2N2O. The summed E-state index contributed by atoms with van der Waals surface area (Å²) >= 11 is 6.79. The van der Waals surface area contributed by atoms with Gasteiger partial charge in [-0.05, 0) is 74.4 Å². The van der Waals surface area contributed by atoms with Crippen molar-refractivity contribution < 1.29 is 4.79 Å². The van der Waals surface area contributed by atoms with Crippen LogP contribution in [0.2, 0.25) is 0 Å². The van der Waals surface area contributed by atoms with Gasteiger partial charge in [0.1, 0.15) is 0 Å². The van der Waals surface area contributed by atoms with Crippen molar-refractivity contribution in [1.29, 1.82) is 0 Å². The van der Waals surface area contributed by atoms with Crippen LogP contribution in [0.3, 0.4) is 0 Å². The standard InChI is InChI=1S/C15H22Br2N2O/c1-11(2)19(3)9-5-4-8-18-15(20)13-7-6-12(16)10-14(13)17/h6-7,10-11H,4-5,8-9H2,1-3H3,(H,18,20). The Balaban J connectivity index is 2.30. The van der Waals surface area contributed by atoms with Crippen molar-refractivity contribution in [2.75, 3.05) is 20.1 Å². The van der Waals surface area contributed by atoms with Gasteiger partial charge < -0.3 is 10.2 Å². The van der Waals surface area contributed by atoms with Gasteiger partial charge in [-0.1, -0.05) is 15.9 Å². The second-order valence-electron chi connectivity index (χ2n) is 5.16. The van der Waals surface area contributed by atoms with Gasteiger partial charge in [-0.3, -0.25) is 4.79 Å². The Kier molecular flexibility index (Phi) is 7.77. The third-order valence-corrected chi connectivity index (χ3v) is 4.43. The SMILES string of the molecule is CC(C)N(C)CCCCNC(=O)c1ccc(Br)cc1Br. The van der Waals surface area contributed by atoms with E-state index in [1.54, 1.807) is 0 Å². The van der Waals surface area contributed by atoms with Gasteiger partial charge in [0.25, 0.3) is 5.91 Å². The fraction of sp³-hybridized carbons (Fsp3) is 0.533. The molecule has 5 heteroatoms. The average Bonchev–Trinajstić information content (AvgIpc) is 2.37. The summed E-state index contributed by atoms with van der Waals surface area (Å²) in [6, 6.07) is 6.14. The highest BCUT2D eigenvalue weighted by Crippen LogP contribution is 2.21. The van der Waals surface area contributed by atoms with E-state index in [-0.39, 0.29) is 5.91 Å². The zero-order chi connectivity index (χ0) is 15.1. The Morgan fingerprint density at radius 3 is 2.60 bits per heavy atom. The molecule has 1 aromatic carbocycles. The van der Waals surface area contributed by atoms with E-state index in [0.717, 1.165) is 28.3 Å². The zero-order valence-electron chi connectivity index (χ0n) is 12.2. The molecule has 0 aliphatic heterocycles. The minimum Gasteiger partial charge on any atom is -0.352 e. The van der Waals surface area contributed by atoms with Crippen LogP contribution in [0.15, 0.2) is 27.1 Å². The van der Waals surface area contributed by atoms with E-state index in [2.05, 4.69) is 63.0 Å². The molecule has 0 saturated carbocycles.